The van der Waals surface area contributed by atoms with E-state index in [0.29, 0.717) is 5.92 Å². The lowest BCUT2D eigenvalue weighted by Gasteiger charge is -2.12. The van der Waals surface area contributed by atoms with Crippen molar-refractivity contribution in [2.75, 3.05) is 0 Å². The van der Waals surface area contributed by atoms with Crippen LogP contribution in [0.3, 0.4) is 0 Å². The summed E-state index contributed by atoms with van der Waals surface area (Å²) >= 11 is 0. The van der Waals surface area contributed by atoms with Crippen LogP contribution in [0.4, 0.5) is 0 Å². The van der Waals surface area contributed by atoms with E-state index in [1.54, 1.807) is 0 Å². The van der Waals surface area contributed by atoms with Crippen LogP contribution in [-0.2, 0) is 10.1 Å². The van der Waals surface area contributed by atoms with Gasteiger partial charge in [-0.1, -0.05) is 96.6 Å². The molecular formula is C21H36O3S. The lowest BCUT2D eigenvalue weighted by Crippen LogP contribution is -1.99. The standard InChI is InChI=1S/C21H36O3S/c1-3-4-5-6-7-8-9-10-11-12-13-14-19(2)20-15-17-21(18-16-20)25(22,23)24/h15-19H,3-14H2,1-2H3,(H,22,23,24)/i15+1,16+1,17+1,18+1,20+1,21+1. The molecule has 0 amide bonds. The average Bonchev–Trinajstić information content (AvgIpc) is 2.59. The van der Waals surface area contributed by atoms with Crippen molar-refractivity contribution in [3.8, 4) is 0 Å². The van der Waals surface area contributed by atoms with E-state index in [1.807, 2.05) is 12.1 Å². The van der Waals surface area contributed by atoms with Crippen LogP contribution < -0.4 is 0 Å². The molecule has 0 aromatic heterocycles. The molecule has 0 heterocycles. The number of benzene rings is 1. The summed E-state index contributed by atoms with van der Waals surface area (Å²) in [6, 6.07) is 6.60. The highest BCUT2D eigenvalue weighted by Crippen LogP contribution is 2.23. The van der Waals surface area contributed by atoms with Crippen molar-refractivity contribution in [1.29, 1.82) is 0 Å². The molecule has 25 heavy (non-hydrogen) atoms. The zero-order valence-corrected chi connectivity index (χ0v) is 16.9. The summed E-state index contributed by atoms with van der Waals surface area (Å²) in [6.45, 7) is 4.44. The Balaban J connectivity index is 2.08. The van der Waals surface area contributed by atoms with Gasteiger partial charge in [0.05, 0.1) is 4.90 Å². The fourth-order valence-electron chi connectivity index (χ4n) is 3.25. The molecule has 0 fully saturated rings. The van der Waals surface area contributed by atoms with E-state index in [9.17, 15) is 8.42 Å². The molecule has 4 heteroatoms. The van der Waals surface area contributed by atoms with Crippen LogP contribution in [0.25, 0.3) is 0 Å². The summed E-state index contributed by atoms with van der Waals surface area (Å²) in [6.07, 6.45) is 16.0. The van der Waals surface area contributed by atoms with Crippen molar-refractivity contribution < 1.29 is 13.0 Å². The summed E-state index contributed by atoms with van der Waals surface area (Å²) in [7, 11) is -4.08. The SMILES string of the molecule is CCCCCCCCCCCCCC(C)[13c]1[13cH][13cH][13c](S(=O)(=O)O)[13cH][13cH]1. The van der Waals surface area contributed by atoms with E-state index < -0.39 is 10.1 Å². The predicted molar refractivity (Wildman–Crippen MR) is 106 cm³/mol. The molecule has 1 N–H and O–H groups in total. The van der Waals surface area contributed by atoms with E-state index in [1.165, 1.54) is 82.8 Å². The van der Waals surface area contributed by atoms with Gasteiger partial charge in [0.15, 0.2) is 0 Å². The van der Waals surface area contributed by atoms with Gasteiger partial charge in [0, 0.05) is 0 Å². The van der Waals surface area contributed by atoms with Crippen LogP contribution in [0.2, 0.25) is 0 Å². The highest BCUT2D eigenvalue weighted by Gasteiger charge is 2.11. The molecule has 0 saturated heterocycles. The Morgan fingerprint density at radius 2 is 1.24 bits per heavy atom. The molecule has 3 nitrogen and oxygen atoms in total. The Labute approximate surface area is 155 Å². The summed E-state index contributed by atoms with van der Waals surface area (Å²) < 4.78 is 31.1. The van der Waals surface area contributed by atoms with E-state index in [4.69, 9.17) is 4.55 Å². The normalized spacial score (nSPS) is 13.1. The van der Waals surface area contributed by atoms with Crippen molar-refractivity contribution >= 4 is 10.1 Å². The largest absolute Gasteiger partial charge is 0.294 e. The predicted octanol–water partition coefficient (Wildman–Crippen LogP) is 6.74. The molecule has 0 spiro atoms. The van der Waals surface area contributed by atoms with E-state index in [0.717, 1.165) is 12.0 Å². The van der Waals surface area contributed by atoms with Gasteiger partial charge in [-0.3, -0.25) is 4.55 Å². The Morgan fingerprint density at radius 3 is 1.68 bits per heavy atom. The average molecular weight is 375 g/mol. The molecule has 1 rings (SSSR count). The second-order valence-corrected chi connectivity index (χ2v) is 8.69. The second kappa shape index (κ2) is 12.5. The molecule has 144 valence electrons. The summed E-state index contributed by atoms with van der Waals surface area (Å²) in [5.41, 5.74) is 1.14. The van der Waals surface area contributed by atoms with Gasteiger partial charge in [-0.15, -0.1) is 0 Å². The monoisotopic (exact) mass is 374 g/mol. The second-order valence-electron chi connectivity index (χ2n) is 7.27. The highest BCUT2D eigenvalue weighted by atomic mass is 32.2. The number of hydrogen-bond donors (Lipinski definition) is 1. The maximum atomic E-state index is 11.1. The Morgan fingerprint density at radius 1 is 0.800 bits per heavy atom. The summed E-state index contributed by atoms with van der Waals surface area (Å²) in [4.78, 5) is -0.0295. The molecule has 1 aromatic rings. The number of hydrogen-bond acceptors (Lipinski definition) is 2. The first kappa shape index (κ1) is 22.2. The lowest BCUT2D eigenvalue weighted by molar-refractivity contribution is 0.483. The molecule has 0 aliphatic heterocycles. The molecule has 1 atom stereocenters. The minimum atomic E-state index is -4.08. The maximum absolute atomic E-state index is 11.1. The number of unbranched alkanes of at least 4 members (excludes halogenated alkanes) is 10. The van der Waals surface area contributed by atoms with Crippen LogP contribution in [0.1, 0.15) is 102 Å². The molecule has 0 saturated carbocycles. The Hall–Kier alpha value is -0.870. The van der Waals surface area contributed by atoms with Crippen molar-refractivity contribution in [2.24, 2.45) is 0 Å². The lowest BCUT2D eigenvalue weighted by atomic mass is 10.0. The Kier molecular flexibility index (Phi) is 11.1. The third-order valence-corrected chi connectivity index (χ3v) is 5.86. The first-order chi connectivity index (χ1) is 11.9. The van der Waals surface area contributed by atoms with Gasteiger partial charge in [0.2, 0.25) is 0 Å². The minimum Gasteiger partial charge on any atom is -0.282 e. The maximum Gasteiger partial charge on any atom is 0.294 e. The molecular weight excluding hydrogens is 338 g/mol. The van der Waals surface area contributed by atoms with E-state index in [2.05, 4.69) is 13.8 Å². The fourth-order valence-corrected chi connectivity index (χ4v) is 3.73. The number of rotatable bonds is 14. The van der Waals surface area contributed by atoms with Gasteiger partial charge in [-0.25, -0.2) is 0 Å². The quantitative estimate of drug-likeness (QED) is 0.290. The van der Waals surface area contributed by atoms with Gasteiger partial charge in [0.25, 0.3) is 10.1 Å². The van der Waals surface area contributed by atoms with Crippen molar-refractivity contribution in [3.63, 3.8) is 0 Å². The van der Waals surface area contributed by atoms with Crippen LogP contribution in [0.15, 0.2) is 29.2 Å². The highest BCUT2D eigenvalue weighted by molar-refractivity contribution is 7.85. The van der Waals surface area contributed by atoms with Crippen LogP contribution in [0, 0.1) is 0 Å². The van der Waals surface area contributed by atoms with Gasteiger partial charge >= 0.3 is 0 Å². The first-order valence-corrected chi connectivity index (χ1v) is 11.5. The van der Waals surface area contributed by atoms with Gasteiger partial charge in [-0.05, 0) is 30.0 Å². The Bertz CT molecular complexity index is 549. The van der Waals surface area contributed by atoms with Crippen LogP contribution in [0.5, 0.6) is 0 Å². The van der Waals surface area contributed by atoms with Gasteiger partial charge in [-0.2, -0.15) is 8.42 Å². The van der Waals surface area contributed by atoms with Crippen molar-refractivity contribution in [1.82, 2.24) is 0 Å². The van der Waals surface area contributed by atoms with Gasteiger partial charge in [0.1, 0.15) is 0 Å². The molecule has 0 aliphatic rings. The van der Waals surface area contributed by atoms with Crippen LogP contribution in [-0.4, -0.2) is 13.0 Å². The van der Waals surface area contributed by atoms with E-state index >= 15 is 0 Å². The molecule has 0 radical (unpaired) electrons. The summed E-state index contributed by atoms with van der Waals surface area (Å²) in [5, 5.41) is 0. The smallest absolute Gasteiger partial charge is 0.282 e. The summed E-state index contributed by atoms with van der Waals surface area (Å²) in [5.74, 6) is 0.425. The zero-order valence-electron chi connectivity index (χ0n) is 16.0. The third kappa shape index (κ3) is 10.0. The topological polar surface area (TPSA) is 54.4 Å². The minimum absolute atomic E-state index is 0.0295. The van der Waals surface area contributed by atoms with E-state index in [-0.39, 0.29) is 4.90 Å². The molecule has 0 aliphatic carbocycles. The molecule has 0 bridgehead atoms. The first-order valence-electron chi connectivity index (χ1n) is 10.0. The van der Waals surface area contributed by atoms with Crippen LogP contribution >= 0.6 is 0 Å². The third-order valence-electron chi connectivity index (χ3n) is 4.99. The van der Waals surface area contributed by atoms with Crippen molar-refractivity contribution in [2.45, 2.75) is 102 Å². The van der Waals surface area contributed by atoms with Crippen molar-refractivity contribution in [3.05, 3.63) is 29.8 Å². The molecule has 1 unspecified atom stereocenters. The fraction of sp³-hybridized carbons (Fsp3) is 0.714. The van der Waals surface area contributed by atoms with Gasteiger partial charge < -0.3 is 0 Å². The molecule has 1 aromatic carbocycles. The zero-order chi connectivity index (χ0) is 18.5.